The van der Waals surface area contributed by atoms with Gasteiger partial charge in [-0.25, -0.2) is 35.9 Å². The van der Waals surface area contributed by atoms with Crippen LogP contribution in [-0.4, -0.2) is 57.5 Å². The normalized spacial score (nSPS) is 17.6. The number of halogens is 3. The van der Waals surface area contributed by atoms with Crippen LogP contribution in [0.4, 0.5) is 25.2 Å². The Kier molecular flexibility index (Phi) is 8.55. The van der Waals surface area contributed by atoms with Gasteiger partial charge in [-0.3, -0.25) is 10.1 Å². The van der Waals surface area contributed by atoms with Crippen LogP contribution in [0.5, 0.6) is 0 Å². The van der Waals surface area contributed by atoms with Crippen molar-refractivity contribution < 1.29 is 31.9 Å². The molecule has 0 saturated heterocycles. The highest BCUT2D eigenvalue weighted by Crippen LogP contribution is 2.37. The molecule has 242 valence electrons. The zero-order valence-electron chi connectivity index (χ0n) is 24.4. The Morgan fingerprint density at radius 1 is 0.957 bits per heavy atom. The van der Waals surface area contributed by atoms with Crippen molar-refractivity contribution >= 4 is 56.2 Å². The SMILES string of the molecule is O=C(O)Nc1ccc(C(=O)NC2CC(Nc3ncc(Cl)c(-c4cn(S(=O)(=O)c5ccccc5)c5ccccc45)n3)CC(F)(F)C2)cc1. The highest BCUT2D eigenvalue weighted by molar-refractivity contribution is 7.90. The first-order chi connectivity index (χ1) is 22.4. The maximum atomic E-state index is 14.9. The van der Waals surface area contributed by atoms with Gasteiger partial charge in [-0.2, -0.15) is 0 Å². The highest BCUT2D eigenvalue weighted by atomic mass is 35.5. The lowest BCUT2D eigenvalue weighted by molar-refractivity contribution is -0.0467. The lowest BCUT2D eigenvalue weighted by Gasteiger charge is -2.35. The Bertz CT molecular complexity index is 2080. The molecule has 2 heterocycles. The number of nitrogens with zero attached hydrogens (tertiary/aromatic N) is 3. The average Bonchev–Trinajstić information content (AvgIpc) is 3.42. The molecule has 1 aliphatic carbocycles. The zero-order chi connectivity index (χ0) is 33.3. The summed E-state index contributed by atoms with van der Waals surface area (Å²) in [5.74, 6) is -3.70. The van der Waals surface area contributed by atoms with E-state index in [0.29, 0.717) is 16.5 Å². The number of carbonyl (C=O) groups is 2. The first-order valence-electron chi connectivity index (χ1n) is 14.4. The van der Waals surface area contributed by atoms with E-state index >= 15 is 0 Å². The van der Waals surface area contributed by atoms with Crippen LogP contribution in [0.25, 0.3) is 22.2 Å². The number of anilines is 2. The van der Waals surface area contributed by atoms with Gasteiger partial charge in [0.15, 0.2) is 0 Å². The van der Waals surface area contributed by atoms with E-state index in [1.54, 1.807) is 42.5 Å². The topological polar surface area (TPSA) is 155 Å². The molecule has 47 heavy (non-hydrogen) atoms. The first kappa shape index (κ1) is 31.9. The lowest BCUT2D eigenvalue weighted by atomic mass is 9.87. The molecule has 4 N–H and O–H groups in total. The summed E-state index contributed by atoms with van der Waals surface area (Å²) in [6, 6.07) is 18.7. The van der Waals surface area contributed by atoms with Crippen LogP contribution >= 0.6 is 11.6 Å². The van der Waals surface area contributed by atoms with Crippen LogP contribution < -0.4 is 16.0 Å². The van der Waals surface area contributed by atoms with Gasteiger partial charge >= 0.3 is 6.09 Å². The van der Waals surface area contributed by atoms with Crippen molar-refractivity contribution in [2.24, 2.45) is 0 Å². The largest absolute Gasteiger partial charge is 0.465 e. The van der Waals surface area contributed by atoms with E-state index in [0.717, 1.165) is 3.97 Å². The fourth-order valence-corrected chi connectivity index (χ4v) is 7.27. The Labute approximate surface area is 272 Å². The molecule has 5 aromatic rings. The Morgan fingerprint density at radius 2 is 1.64 bits per heavy atom. The number of benzene rings is 3. The minimum atomic E-state index is -3.98. The number of para-hydroxylation sites is 1. The molecular formula is C32H27ClF2N6O5S. The van der Waals surface area contributed by atoms with Gasteiger partial charge in [0, 0.05) is 53.3 Å². The van der Waals surface area contributed by atoms with Gasteiger partial charge in [-0.05, 0) is 48.9 Å². The molecule has 0 aliphatic heterocycles. The average molecular weight is 681 g/mol. The quantitative estimate of drug-likeness (QED) is 0.145. The minimum absolute atomic E-state index is 0.00134. The number of carboxylic acid groups (broad SMARTS) is 1. The molecule has 0 bridgehead atoms. The van der Waals surface area contributed by atoms with E-state index in [1.807, 2.05) is 0 Å². The van der Waals surface area contributed by atoms with Crippen molar-refractivity contribution in [3.05, 3.63) is 102 Å². The van der Waals surface area contributed by atoms with Crippen molar-refractivity contribution in [1.82, 2.24) is 19.3 Å². The maximum absolute atomic E-state index is 14.9. The Morgan fingerprint density at radius 3 is 2.36 bits per heavy atom. The van der Waals surface area contributed by atoms with Gasteiger partial charge in [0.1, 0.15) is 0 Å². The monoisotopic (exact) mass is 680 g/mol. The third kappa shape index (κ3) is 6.88. The molecule has 1 fully saturated rings. The number of carbonyl (C=O) groups excluding carboxylic acids is 1. The van der Waals surface area contributed by atoms with Crippen molar-refractivity contribution in [3.63, 3.8) is 0 Å². The number of amides is 2. The minimum Gasteiger partial charge on any atom is -0.465 e. The fraction of sp³-hybridized carbons (Fsp3) is 0.188. The van der Waals surface area contributed by atoms with E-state index in [1.165, 1.54) is 48.8 Å². The van der Waals surface area contributed by atoms with Crippen LogP contribution in [0.1, 0.15) is 29.6 Å². The van der Waals surface area contributed by atoms with Crippen LogP contribution in [0.15, 0.2) is 96.2 Å². The third-order valence-electron chi connectivity index (χ3n) is 7.70. The molecular weight excluding hydrogens is 654 g/mol. The molecule has 1 aliphatic rings. The molecule has 1 saturated carbocycles. The van der Waals surface area contributed by atoms with Crippen LogP contribution in [-0.2, 0) is 10.0 Å². The van der Waals surface area contributed by atoms with Crippen molar-refractivity contribution in [3.8, 4) is 11.3 Å². The summed E-state index contributed by atoms with van der Waals surface area (Å²) < 4.78 is 58.1. The van der Waals surface area contributed by atoms with Gasteiger partial charge in [0.05, 0.1) is 27.3 Å². The number of hydrogen-bond donors (Lipinski definition) is 4. The van der Waals surface area contributed by atoms with Crippen LogP contribution in [0, 0.1) is 0 Å². The molecule has 0 radical (unpaired) electrons. The van der Waals surface area contributed by atoms with Crippen LogP contribution in [0.3, 0.4) is 0 Å². The molecule has 2 amide bonds. The summed E-state index contributed by atoms with van der Waals surface area (Å²) in [5.41, 5.74) is 1.44. The molecule has 2 atom stereocenters. The van der Waals surface area contributed by atoms with Crippen LogP contribution in [0.2, 0.25) is 5.02 Å². The predicted molar refractivity (Wildman–Crippen MR) is 173 cm³/mol. The second-order valence-corrected chi connectivity index (χ2v) is 13.3. The summed E-state index contributed by atoms with van der Waals surface area (Å²) in [6.07, 6.45) is 0.506. The van der Waals surface area contributed by atoms with Gasteiger partial charge in [-0.15, -0.1) is 0 Å². The van der Waals surface area contributed by atoms with E-state index in [9.17, 15) is 26.8 Å². The Balaban J connectivity index is 1.24. The van der Waals surface area contributed by atoms with Crippen molar-refractivity contribution in [1.29, 1.82) is 0 Å². The maximum Gasteiger partial charge on any atom is 0.409 e. The van der Waals surface area contributed by atoms with Gasteiger partial charge < -0.3 is 15.7 Å². The van der Waals surface area contributed by atoms with Crippen molar-refractivity contribution in [2.45, 2.75) is 42.2 Å². The fourth-order valence-electron chi connectivity index (χ4n) is 5.68. The number of hydrogen-bond acceptors (Lipinski definition) is 7. The molecule has 15 heteroatoms. The van der Waals surface area contributed by atoms with Crippen molar-refractivity contribution in [2.75, 3.05) is 10.6 Å². The summed E-state index contributed by atoms with van der Waals surface area (Å²) in [4.78, 5) is 32.5. The molecule has 0 spiro atoms. The van der Waals surface area contributed by atoms with E-state index < -0.39 is 52.9 Å². The van der Waals surface area contributed by atoms with Gasteiger partial charge in [0.2, 0.25) is 5.95 Å². The summed E-state index contributed by atoms with van der Waals surface area (Å²) in [6.45, 7) is 0. The molecule has 2 unspecified atom stereocenters. The number of nitrogens with one attached hydrogen (secondary N) is 3. The number of fused-ring (bicyclic) bond motifs is 1. The van der Waals surface area contributed by atoms with E-state index in [-0.39, 0.29) is 39.2 Å². The number of aromatic nitrogens is 3. The number of rotatable bonds is 8. The first-order valence-corrected chi connectivity index (χ1v) is 16.2. The van der Waals surface area contributed by atoms with Gasteiger partial charge in [-0.1, -0.05) is 48.0 Å². The third-order valence-corrected chi connectivity index (χ3v) is 9.67. The summed E-state index contributed by atoms with van der Waals surface area (Å²) in [7, 11) is -3.98. The lowest BCUT2D eigenvalue weighted by Crippen LogP contribution is -2.48. The second kappa shape index (κ2) is 12.6. The molecule has 3 aromatic carbocycles. The summed E-state index contributed by atoms with van der Waals surface area (Å²) >= 11 is 6.52. The second-order valence-electron chi connectivity index (χ2n) is 11.1. The van der Waals surface area contributed by atoms with Gasteiger partial charge in [0.25, 0.3) is 21.9 Å². The molecule has 2 aromatic heterocycles. The number of alkyl halides is 2. The predicted octanol–water partition coefficient (Wildman–Crippen LogP) is 6.48. The molecule has 11 nitrogen and oxygen atoms in total. The smallest absolute Gasteiger partial charge is 0.409 e. The molecule has 6 rings (SSSR count). The Hall–Kier alpha value is -5.08. The standard InChI is InChI=1S/C32H27ClF2N6O5S/c33-26-17-36-30(38-22-14-21(15-32(34,35)16-22)37-29(42)19-10-12-20(13-11-19)39-31(43)44)40-28(26)25-18-41(27-9-5-4-8-24(25)27)47(45,46)23-6-2-1-3-7-23/h1-13,17-18,21-22,39H,14-16H2,(H,37,42)(H,43,44)(H,36,38,40). The summed E-state index contributed by atoms with van der Waals surface area (Å²) in [5, 5.41) is 17.3. The van der Waals surface area contributed by atoms with E-state index in [4.69, 9.17) is 16.7 Å². The highest BCUT2D eigenvalue weighted by Gasteiger charge is 2.42. The van der Waals surface area contributed by atoms with E-state index in [2.05, 4.69) is 25.9 Å². The zero-order valence-corrected chi connectivity index (χ0v) is 26.0.